The van der Waals surface area contributed by atoms with Crippen LogP contribution in [0.5, 0.6) is 11.6 Å². The van der Waals surface area contributed by atoms with Crippen LogP contribution in [0.1, 0.15) is 20.8 Å². The summed E-state index contributed by atoms with van der Waals surface area (Å²) in [6.07, 6.45) is 1.42. The largest absolute Gasteiger partial charge is 0.439 e. The number of aromatic nitrogens is 1. The number of amides is 1. The smallest absolute Gasteiger partial charge is 0.242 e. The average Bonchev–Trinajstić information content (AvgIpc) is 2.55. The highest BCUT2D eigenvalue weighted by molar-refractivity contribution is 9.10. The summed E-state index contributed by atoms with van der Waals surface area (Å²) in [5.41, 5.74) is 0.400. The Morgan fingerprint density at radius 2 is 1.92 bits per heavy atom. The predicted octanol–water partition coefficient (Wildman–Crippen LogP) is 3.79. The maximum Gasteiger partial charge on any atom is 0.242 e. The SMILES string of the molecule is CC(C)S(=O)(=O)C(C)C(=O)Nc1ccc(Oc2cccc(Br)c2)nc1. The van der Waals surface area contributed by atoms with Gasteiger partial charge in [0.15, 0.2) is 9.84 Å². The zero-order valence-corrected chi connectivity index (χ0v) is 16.5. The van der Waals surface area contributed by atoms with Crippen molar-refractivity contribution in [1.29, 1.82) is 0 Å². The number of nitrogens with one attached hydrogen (secondary N) is 1. The van der Waals surface area contributed by atoms with Crippen LogP contribution in [0.3, 0.4) is 0 Å². The molecule has 8 heteroatoms. The van der Waals surface area contributed by atoms with Crippen LogP contribution in [-0.4, -0.2) is 29.8 Å². The number of rotatable bonds is 6. The minimum atomic E-state index is -3.51. The lowest BCUT2D eigenvalue weighted by Crippen LogP contribution is -2.36. The Kier molecular flexibility index (Phi) is 6.18. The maximum absolute atomic E-state index is 12.1. The van der Waals surface area contributed by atoms with E-state index in [2.05, 4.69) is 26.2 Å². The van der Waals surface area contributed by atoms with Crippen LogP contribution in [0.4, 0.5) is 5.69 Å². The third-order valence-corrected chi connectivity index (χ3v) is 6.55. The topological polar surface area (TPSA) is 85.4 Å². The van der Waals surface area contributed by atoms with Gasteiger partial charge >= 0.3 is 0 Å². The number of halogens is 1. The van der Waals surface area contributed by atoms with Crippen molar-refractivity contribution in [3.05, 3.63) is 47.1 Å². The molecule has 1 N–H and O–H groups in total. The van der Waals surface area contributed by atoms with E-state index in [-0.39, 0.29) is 0 Å². The number of carbonyl (C=O) groups excluding carboxylic acids is 1. The first-order chi connectivity index (χ1) is 11.7. The van der Waals surface area contributed by atoms with Crippen molar-refractivity contribution in [2.45, 2.75) is 31.3 Å². The van der Waals surface area contributed by atoms with Crippen LogP contribution < -0.4 is 10.1 Å². The molecular formula is C17H19BrN2O4S. The number of anilines is 1. The van der Waals surface area contributed by atoms with Crippen LogP contribution >= 0.6 is 15.9 Å². The normalized spacial score (nSPS) is 12.7. The Hall–Kier alpha value is -1.93. The van der Waals surface area contributed by atoms with Gasteiger partial charge in [-0.25, -0.2) is 13.4 Å². The van der Waals surface area contributed by atoms with Crippen molar-refractivity contribution >= 4 is 37.4 Å². The van der Waals surface area contributed by atoms with Gasteiger partial charge in [0.25, 0.3) is 0 Å². The molecule has 2 aromatic rings. The number of carbonyl (C=O) groups is 1. The van der Waals surface area contributed by atoms with Gasteiger partial charge < -0.3 is 10.1 Å². The monoisotopic (exact) mass is 426 g/mol. The summed E-state index contributed by atoms with van der Waals surface area (Å²) in [7, 11) is -3.51. The molecule has 25 heavy (non-hydrogen) atoms. The maximum atomic E-state index is 12.1. The lowest BCUT2D eigenvalue weighted by molar-refractivity contribution is -0.115. The summed E-state index contributed by atoms with van der Waals surface area (Å²) in [4.78, 5) is 16.2. The van der Waals surface area contributed by atoms with E-state index < -0.39 is 26.2 Å². The number of pyridine rings is 1. The van der Waals surface area contributed by atoms with Crippen molar-refractivity contribution < 1.29 is 17.9 Å². The van der Waals surface area contributed by atoms with Crippen LogP contribution in [0.15, 0.2) is 47.1 Å². The van der Waals surface area contributed by atoms with E-state index in [0.717, 1.165) is 4.47 Å². The van der Waals surface area contributed by atoms with Crippen LogP contribution in [0.2, 0.25) is 0 Å². The van der Waals surface area contributed by atoms with Gasteiger partial charge in [0.1, 0.15) is 11.0 Å². The van der Waals surface area contributed by atoms with Crippen LogP contribution in [0.25, 0.3) is 0 Å². The lowest BCUT2D eigenvalue weighted by atomic mass is 10.3. The zero-order chi connectivity index (χ0) is 18.6. The van der Waals surface area contributed by atoms with Gasteiger partial charge in [0.05, 0.1) is 17.1 Å². The summed E-state index contributed by atoms with van der Waals surface area (Å²) in [6, 6.07) is 10.5. The molecule has 1 atom stereocenters. The molecule has 2 rings (SSSR count). The Bertz CT molecular complexity index is 851. The molecule has 1 aromatic heterocycles. The zero-order valence-electron chi connectivity index (χ0n) is 14.1. The number of ether oxygens (including phenoxy) is 1. The summed E-state index contributed by atoms with van der Waals surface area (Å²) in [5, 5.41) is 0.807. The fourth-order valence-electron chi connectivity index (χ4n) is 1.97. The second kappa shape index (κ2) is 7.97. The van der Waals surface area contributed by atoms with E-state index in [1.165, 1.54) is 13.1 Å². The molecule has 0 aliphatic heterocycles. The first-order valence-electron chi connectivity index (χ1n) is 7.63. The van der Waals surface area contributed by atoms with Gasteiger partial charge in [-0.05, 0) is 45.0 Å². The van der Waals surface area contributed by atoms with Gasteiger partial charge in [0, 0.05) is 10.5 Å². The third kappa shape index (κ3) is 5.02. The Balaban J connectivity index is 2.04. The molecule has 6 nitrogen and oxygen atoms in total. The molecule has 1 aromatic carbocycles. The highest BCUT2D eigenvalue weighted by atomic mass is 79.9. The van der Waals surface area contributed by atoms with Crippen LogP contribution in [0, 0.1) is 0 Å². The van der Waals surface area contributed by atoms with E-state index in [4.69, 9.17) is 4.74 Å². The molecule has 0 saturated heterocycles. The highest BCUT2D eigenvalue weighted by Gasteiger charge is 2.30. The number of benzene rings is 1. The van der Waals surface area contributed by atoms with E-state index in [9.17, 15) is 13.2 Å². The van der Waals surface area contributed by atoms with Crippen molar-refractivity contribution in [3.8, 4) is 11.6 Å². The number of hydrogen-bond donors (Lipinski definition) is 1. The average molecular weight is 427 g/mol. The molecule has 0 bridgehead atoms. The lowest BCUT2D eigenvalue weighted by Gasteiger charge is -2.15. The first-order valence-corrected chi connectivity index (χ1v) is 10.0. The second-order valence-corrected chi connectivity index (χ2v) is 9.46. The van der Waals surface area contributed by atoms with Gasteiger partial charge in [-0.3, -0.25) is 4.79 Å². The number of nitrogens with zero attached hydrogens (tertiary/aromatic N) is 1. The first kappa shape index (κ1) is 19.4. The molecule has 0 saturated carbocycles. The fourth-order valence-corrected chi connectivity index (χ4v) is 3.52. The molecule has 0 radical (unpaired) electrons. The summed E-state index contributed by atoms with van der Waals surface area (Å²) in [6.45, 7) is 4.48. The number of sulfone groups is 1. The molecule has 0 aliphatic carbocycles. The summed E-state index contributed by atoms with van der Waals surface area (Å²) in [5.74, 6) is 0.394. The minimum Gasteiger partial charge on any atom is -0.439 e. The predicted molar refractivity (Wildman–Crippen MR) is 101 cm³/mol. The van der Waals surface area contributed by atoms with Crippen LogP contribution in [-0.2, 0) is 14.6 Å². The van der Waals surface area contributed by atoms with E-state index in [1.54, 1.807) is 38.1 Å². The second-order valence-electron chi connectivity index (χ2n) is 5.71. The molecule has 0 spiro atoms. The van der Waals surface area contributed by atoms with Crippen molar-refractivity contribution in [3.63, 3.8) is 0 Å². The highest BCUT2D eigenvalue weighted by Crippen LogP contribution is 2.23. The Labute approximate surface area is 155 Å². The van der Waals surface area contributed by atoms with Crippen molar-refractivity contribution in [2.75, 3.05) is 5.32 Å². The third-order valence-electron chi connectivity index (χ3n) is 3.54. The molecule has 1 heterocycles. The molecule has 1 unspecified atom stereocenters. The quantitative estimate of drug-likeness (QED) is 0.758. The van der Waals surface area contributed by atoms with Gasteiger partial charge in [-0.15, -0.1) is 0 Å². The Morgan fingerprint density at radius 3 is 2.48 bits per heavy atom. The van der Waals surface area contributed by atoms with Gasteiger partial charge in [-0.1, -0.05) is 22.0 Å². The standard InChI is InChI=1S/C17H19BrN2O4S/c1-11(2)25(22,23)12(3)17(21)20-14-7-8-16(19-10-14)24-15-6-4-5-13(18)9-15/h4-12H,1-3H3,(H,20,21). The number of hydrogen-bond acceptors (Lipinski definition) is 5. The molecule has 0 fully saturated rings. The summed E-state index contributed by atoms with van der Waals surface area (Å²) < 4.78 is 30.6. The Morgan fingerprint density at radius 1 is 1.20 bits per heavy atom. The van der Waals surface area contributed by atoms with E-state index in [1.807, 2.05) is 12.1 Å². The minimum absolute atomic E-state index is 0.360. The fraction of sp³-hybridized carbons (Fsp3) is 0.294. The van der Waals surface area contributed by atoms with E-state index >= 15 is 0 Å². The van der Waals surface area contributed by atoms with E-state index in [0.29, 0.717) is 17.3 Å². The van der Waals surface area contributed by atoms with Crippen molar-refractivity contribution in [2.24, 2.45) is 0 Å². The molecule has 1 amide bonds. The molecule has 134 valence electrons. The molecular weight excluding hydrogens is 408 g/mol. The summed E-state index contributed by atoms with van der Waals surface area (Å²) >= 11 is 3.36. The molecule has 0 aliphatic rings. The van der Waals surface area contributed by atoms with Gasteiger partial charge in [0.2, 0.25) is 11.8 Å². The van der Waals surface area contributed by atoms with Crippen molar-refractivity contribution in [1.82, 2.24) is 4.98 Å². The van der Waals surface area contributed by atoms with Gasteiger partial charge in [-0.2, -0.15) is 0 Å².